The standard InChI is InChI=1S/C12H11BrClFN2S/c1-17-11(5-14)6-16-12(17)18-7-8-2-9(13)4-10(15)3-8/h2-4,6H,5,7H2,1H3. The van der Waals surface area contributed by atoms with E-state index in [0.717, 1.165) is 20.9 Å². The molecule has 2 nitrogen and oxygen atoms in total. The fraction of sp³-hybridized carbons (Fsp3) is 0.250. The molecule has 0 saturated carbocycles. The van der Waals surface area contributed by atoms with Crippen molar-refractivity contribution in [3.05, 3.63) is 45.9 Å². The predicted octanol–water partition coefficient (Wildman–Crippen LogP) is 4.35. The smallest absolute Gasteiger partial charge is 0.168 e. The third-order valence-electron chi connectivity index (χ3n) is 2.47. The van der Waals surface area contributed by atoms with Gasteiger partial charge in [0.05, 0.1) is 17.8 Å². The van der Waals surface area contributed by atoms with Gasteiger partial charge in [-0.15, -0.1) is 11.6 Å². The highest BCUT2D eigenvalue weighted by molar-refractivity contribution is 9.10. The number of halogens is 3. The molecule has 2 rings (SSSR count). The SMILES string of the molecule is Cn1c(CCl)cnc1SCc1cc(F)cc(Br)c1. The maximum absolute atomic E-state index is 13.2. The maximum Gasteiger partial charge on any atom is 0.168 e. The molecule has 0 bridgehead atoms. The molecule has 0 atom stereocenters. The van der Waals surface area contributed by atoms with E-state index < -0.39 is 0 Å². The highest BCUT2D eigenvalue weighted by atomic mass is 79.9. The van der Waals surface area contributed by atoms with Crippen LogP contribution in [0.4, 0.5) is 4.39 Å². The summed E-state index contributed by atoms with van der Waals surface area (Å²) in [5.74, 6) is 0.875. The third-order valence-corrected chi connectivity index (χ3v) is 4.32. The van der Waals surface area contributed by atoms with Crippen LogP contribution < -0.4 is 0 Å². The Labute approximate surface area is 123 Å². The molecule has 0 unspecified atom stereocenters. The molecule has 6 heteroatoms. The molecule has 1 aromatic heterocycles. The average molecular weight is 350 g/mol. The molecule has 96 valence electrons. The number of rotatable bonds is 4. The quantitative estimate of drug-likeness (QED) is 0.603. The number of hydrogen-bond acceptors (Lipinski definition) is 2. The van der Waals surface area contributed by atoms with Crippen molar-refractivity contribution in [3.8, 4) is 0 Å². The Kier molecular flexibility index (Phi) is 4.70. The minimum absolute atomic E-state index is 0.235. The van der Waals surface area contributed by atoms with Crippen LogP contribution in [0.1, 0.15) is 11.3 Å². The molecule has 1 aromatic carbocycles. The van der Waals surface area contributed by atoms with Gasteiger partial charge >= 0.3 is 0 Å². The number of aromatic nitrogens is 2. The Hall–Kier alpha value is -0.520. The van der Waals surface area contributed by atoms with E-state index in [2.05, 4.69) is 20.9 Å². The summed E-state index contributed by atoms with van der Waals surface area (Å²) in [7, 11) is 1.93. The lowest BCUT2D eigenvalue weighted by atomic mass is 10.2. The summed E-state index contributed by atoms with van der Waals surface area (Å²) in [6.07, 6.45) is 1.76. The Morgan fingerprint density at radius 2 is 2.22 bits per heavy atom. The van der Waals surface area contributed by atoms with Gasteiger partial charge in [-0.1, -0.05) is 27.7 Å². The van der Waals surface area contributed by atoms with Crippen LogP contribution in [0.15, 0.2) is 34.0 Å². The summed E-state index contributed by atoms with van der Waals surface area (Å²) in [4.78, 5) is 4.28. The van der Waals surface area contributed by atoms with Gasteiger partial charge in [0.2, 0.25) is 0 Å². The lowest BCUT2D eigenvalue weighted by Crippen LogP contribution is -1.95. The van der Waals surface area contributed by atoms with E-state index in [-0.39, 0.29) is 5.82 Å². The van der Waals surface area contributed by atoms with E-state index in [1.54, 1.807) is 18.0 Å². The number of alkyl halides is 1. The van der Waals surface area contributed by atoms with Crippen LogP contribution in [0.5, 0.6) is 0 Å². The molecule has 0 amide bonds. The van der Waals surface area contributed by atoms with Crippen LogP contribution in [-0.4, -0.2) is 9.55 Å². The summed E-state index contributed by atoms with van der Waals surface area (Å²) in [5.41, 5.74) is 1.89. The largest absolute Gasteiger partial charge is 0.325 e. The zero-order valence-electron chi connectivity index (χ0n) is 9.66. The lowest BCUT2D eigenvalue weighted by Gasteiger charge is -2.04. The van der Waals surface area contributed by atoms with Crippen LogP contribution >= 0.6 is 39.3 Å². The summed E-state index contributed by atoms with van der Waals surface area (Å²) >= 11 is 10.6. The number of benzene rings is 1. The van der Waals surface area contributed by atoms with Crippen molar-refractivity contribution in [2.45, 2.75) is 16.8 Å². The monoisotopic (exact) mass is 348 g/mol. The molecular weight excluding hydrogens is 339 g/mol. The minimum Gasteiger partial charge on any atom is -0.325 e. The fourth-order valence-electron chi connectivity index (χ4n) is 1.53. The van der Waals surface area contributed by atoms with E-state index in [4.69, 9.17) is 11.6 Å². The fourth-order valence-corrected chi connectivity index (χ4v) is 3.19. The van der Waals surface area contributed by atoms with Gasteiger partial charge in [0.15, 0.2) is 5.16 Å². The van der Waals surface area contributed by atoms with E-state index in [1.165, 1.54) is 12.1 Å². The van der Waals surface area contributed by atoms with E-state index in [9.17, 15) is 4.39 Å². The summed E-state index contributed by atoms with van der Waals surface area (Å²) < 4.78 is 15.9. The first-order valence-corrected chi connectivity index (χ1v) is 7.56. The number of nitrogens with zero attached hydrogens (tertiary/aromatic N) is 2. The van der Waals surface area contributed by atoms with Crippen LogP contribution in [0, 0.1) is 5.82 Å². The van der Waals surface area contributed by atoms with Crippen LogP contribution in [0.2, 0.25) is 0 Å². The van der Waals surface area contributed by atoms with Crippen molar-refractivity contribution >= 4 is 39.3 Å². The highest BCUT2D eigenvalue weighted by Crippen LogP contribution is 2.24. The van der Waals surface area contributed by atoms with Crippen molar-refractivity contribution < 1.29 is 4.39 Å². The molecule has 0 fully saturated rings. The number of hydrogen-bond donors (Lipinski definition) is 0. The molecular formula is C12H11BrClFN2S. The van der Waals surface area contributed by atoms with Gasteiger partial charge in [0.25, 0.3) is 0 Å². The van der Waals surface area contributed by atoms with Gasteiger partial charge < -0.3 is 4.57 Å². The second-order valence-electron chi connectivity index (χ2n) is 3.79. The van der Waals surface area contributed by atoms with Gasteiger partial charge in [-0.2, -0.15) is 0 Å². The molecule has 0 spiro atoms. The Balaban J connectivity index is 2.09. The molecule has 0 aliphatic rings. The van der Waals surface area contributed by atoms with Crippen LogP contribution in [0.25, 0.3) is 0 Å². The van der Waals surface area contributed by atoms with Crippen LogP contribution in [-0.2, 0) is 18.7 Å². The Bertz CT molecular complexity index is 539. The van der Waals surface area contributed by atoms with E-state index in [0.29, 0.717) is 11.6 Å². The minimum atomic E-state index is -0.235. The Morgan fingerprint density at radius 3 is 2.83 bits per heavy atom. The highest BCUT2D eigenvalue weighted by Gasteiger charge is 2.07. The first-order valence-electron chi connectivity index (χ1n) is 5.24. The zero-order chi connectivity index (χ0) is 13.1. The topological polar surface area (TPSA) is 17.8 Å². The average Bonchev–Trinajstić information content (AvgIpc) is 2.66. The molecule has 2 aromatic rings. The molecule has 18 heavy (non-hydrogen) atoms. The second kappa shape index (κ2) is 6.08. The zero-order valence-corrected chi connectivity index (χ0v) is 12.8. The molecule has 1 heterocycles. The van der Waals surface area contributed by atoms with Gasteiger partial charge in [-0.25, -0.2) is 9.37 Å². The molecule has 0 N–H and O–H groups in total. The van der Waals surface area contributed by atoms with Crippen molar-refractivity contribution in [2.24, 2.45) is 7.05 Å². The molecule has 0 aliphatic heterocycles. The normalized spacial score (nSPS) is 10.9. The summed E-state index contributed by atoms with van der Waals surface area (Å²) in [6.45, 7) is 0. The van der Waals surface area contributed by atoms with Gasteiger partial charge in [0.1, 0.15) is 5.82 Å². The van der Waals surface area contributed by atoms with Crippen molar-refractivity contribution in [3.63, 3.8) is 0 Å². The van der Waals surface area contributed by atoms with E-state index in [1.807, 2.05) is 17.7 Å². The predicted molar refractivity (Wildman–Crippen MR) is 76.4 cm³/mol. The first-order chi connectivity index (χ1) is 8.60. The maximum atomic E-state index is 13.2. The van der Waals surface area contributed by atoms with Crippen molar-refractivity contribution in [2.75, 3.05) is 0 Å². The molecule has 0 saturated heterocycles. The lowest BCUT2D eigenvalue weighted by molar-refractivity contribution is 0.625. The van der Waals surface area contributed by atoms with Crippen molar-refractivity contribution in [1.82, 2.24) is 9.55 Å². The van der Waals surface area contributed by atoms with Gasteiger partial charge in [0, 0.05) is 17.3 Å². The number of thioether (sulfide) groups is 1. The van der Waals surface area contributed by atoms with Gasteiger partial charge in [-0.3, -0.25) is 0 Å². The Morgan fingerprint density at radius 1 is 1.44 bits per heavy atom. The van der Waals surface area contributed by atoms with Crippen LogP contribution in [0.3, 0.4) is 0 Å². The summed E-state index contributed by atoms with van der Waals surface area (Å²) in [6, 6.07) is 4.88. The third kappa shape index (κ3) is 3.28. The van der Waals surface area contributed by atoms with E-state index >= 15 is 0 Å². The molecule has 0 aliphatic carbocycles. The summed E-state index contributed by atoms with van der Waals surface area (Å²) in [5, 5.41) is 0.881. The first kappa shape index (κ1) is 13.9. The van der Waals surface area contributed by atoms with Crippen molar-refractivity contribution in [1.29, 1.82) is 0 Å². The van der Waals surface area contributed by atoms with Gasteiger partial charge in [-0.05, 0) is 23.8 Å². The number of imidazole rings is 1. The molecule has 0 radical (unpaired) electrons. The second-order valence-corrected chi connectivity index (χ2v) is 5.92.